The van der Waals surface area contributed by atoms with Gasteiger partial charge in [0.1, 0.15) is 6.07 Å². The van der Waals surface area contributed by atoms with Gasteiger partial charge in [-0.3, -0.25) is 9.59 Å². The lowest BCUT2D eigenvalue weighted by Crippen LogP contribution is -2.61. The van der Waals surface area contributed by atoms with Crippen molar-refractivity contribution in [1.29, 1.82) is 5.26 Å². The summed E-state index contributed by atoms with van der Waals surface area (Å²) in [5.74, 6) is 2.57. The number of rotatable bonds is 2. The third kappa shape index (κ3) is 3.33. The molecule has 0 aliphatic heterocycles. The molecule has 7 rings (SSSR count). The Morgan fingerprint density at radius 1 is 0.925 bits per heavy atom. The zero-order valence-electron chi connectivity index (χ0n) is 25.0. The van der Waals surface area contributed by atoms with Crippen molar-refractivity contribution in [1.82, 2.24) is 10.2 Å². The third-order valence-electron chi connectivity index (χ3n) is 12.9. The predicted octanol–water partition coefficient (Wildman–Crippen LogP) is 7.03. The quantitative estimate of drug-likeness (QED) is 0.399. The molecule has 1 aromatic heterocycles. The summed E-state index contributed by atoms with van der Waals surface area (Å²) < 4.78 is 6.45. The highest BCUT2D eigenvalue weighted by molar-refractivity contribution is 6.04. The van der Waals surface area contributed by atoms with E-state index in [1.54, 1.807) is 0 Å². The molecule has 6 nitrogen and oxygen atoms in total. The Morgan fingerprint density at radius 3 is 2.38 bits per heavy atom. The fraction of sp³-hybridized carbons (Fsp3) is 0.735. The van der Waals surface area contributed by atoms with Crippen LogP contribution in [0.15, 0.2) is 27.7 Å². The molecule has 7 atom stereocenters. The van der Waals surface area contributed by atoms with Gasteiger partial charge < -0.3 is 4.42 Å². The fourth-order valence-electron chi connectivity index (χ4n) is 10.6. The molecule has 1 heterocycles. The molecule has 1 aromatic rings. The molecule has 0 amide bonds. The monoisotopic (exact) mass is 541 g/mol. The molecule has 6 aliphatic rings. The van der Waals surface area contributed by atoms with Crippen LogP contribution in [-0.4, -0.2) is 21.8 Å². The summed E-state index contributed by atoms with van der Waals surface area (Å²) in [6.07, 6.45) is 13.1. The molecular formula is C34H43N3O3. The largest absolute Gasteiger partial charge is 0.424 e. The predicted molar refractivity (Wildman–Crippen MR) is 150 cm³/mol. The van der Waals surface area contributed by atoms with E-state index < -0.39 is 10.8 Å². The van der Waals surface area contributed by atoms with E-state index in [1.165, 1.54) is 0 Å². The van der Waals surface area contributed by atoms with Crippen molar-refractivity contribution in [2.45, 2.75) is 111 Å². The molecule has 6 aliphatic carbocycles. The molecule has 6 heteroatoms. The van der Waals surface area contributed by atoms with Crippen molar-refractivity contribution in [3.05, 3.63) is 35.1 Å². The van der Waals surface area contributed by atoms with Crippen LogP contribution in [0.5, 0.6) is 0 Å². The van der Waals surface area contributed by atoms with Crippen molar-refractivity contribution in [3.63, 3.8) is 0 Å². The van der Waals surface area contributed by atoms with E-state index in [0.717, 1.165) is 75.1 Å². The average molecular weight is 542 g/mol. The molecule has 0 spiro atoms. The van der Waals surface area contributed by atoms with Crippen molar-refractivity contribution in [2.24, 2.45) is 45.3 Å². The van der Waals surface area contributed by atoms with E-state index in [0.29, 0.717) is 5.92 Å². The summed E-state index contributed by atoms with van der Waals surface area (Å²) in [6.45, 7) is 13.3. The highest BCUT2D eigenvalue weighted by Gasteiger charge is 2.66. The van der Waals surface area contributed by atoms with Crippen LogP contribution in [0.3, 0.4) is 0 Å². The van der Waals surface area contributed by atoms with E-state index in [9.17, 15) is 14.9 Å². The van der Waals surface area contributed by atoms with E-state index in [1.807, 2.05) is 26.0 Å². The summed E-state index contributed by atoms with van der Waals surface area (Å²) in [6, 6.07) is 2.20. The lowest BCUT2D eigenvalue weighted by molar-refractivity contribution is -0.142. The first-order chi connectivity index (χ1) is 18.8. The smallest absolute Gasteiger partial charge is 0.223 e. The van der Waals surface area contributed by atoms with Gasteiger partial charge in [0.15, 0.2) is 11.6 Å². The van der Waals surface area contributed by atoms with Gasteiger partial charge in [-0.1, -0.05) is 53.2 Å². The average Bonchev–Trinajstić information content (AvgIpc) is 3.63. The summed E-state index contributed by atoms with van der Waals surface area (Å²) in [4.78, 5) is 27.7. The number of allylic oxidation sites excluding steroid dienone is 4. The summed E-state index contributed by atoms with van der Waals surface area (Å²) in [5.41, 5.74) is 0.0601. The number of nitrogens with zero attached hydrogens (tertiary/aromatic N) is 3. The first-order valence-electron chi connectivity index (χ1n) is 15.5. The number of fused-ring (bicyclic) bond motifs is 7. The van der Waals surface area contributed by atoms with Gasteiger partial charge >= 0.3 is 0 Å². The van der Waals surface area contributed by atoms with Crippen LogP contribution < -0.4 is 0 Å². The first-order valence-corrected chi connectivity index (χ1v) is 15.5. The van der Waals surface area contributed by atoms with Crippen LogP contribution in [0.1, 0.15) is 117 Å². The van der Waals surface area contributed by atoms with Gasteiger partial charge in [-0.05, 0) is 92.4 Å². The maximum atomic E-state index is 14.5. The molecule has 0 radical (unpaired) electrons. The third-order valence-corrected chi connectivity index (χ3v) is 12.9. The second kappa shape index (κ2) is 8.05. The number of carbonyl (C=O) groups excluding carboxylic acids is 2. The van der Waals surface area contributed by atoms with Crippen LogP contribution >= 0.6 is 0 Å². The minimum absolute atomic E-state index is 0.0568. The normalized spacial score (nSPS) is 43.3. The number of nitriles is 1. The summed E-state index contributed by atoms with van der Waals surface area (Å²) in [7, 11) is 0. The lowest BCUT2D eigenvalue weighted by Gasteiger charge is -2.64. The van der Waals surface area contributed by atoms with Gasteiger partial charge in [0.2, 0.25) is 11.8 Å². The maximum Gasteiger partial charge on any atom is 0.223 e. The number of ketones is 2. The molecule has 0 bridgehead atoms. The lowest BCUT2D eigenvalue weighted by atomic mass is 9.38. The van der Waals surface area contributed by atoms with Crippen LogP contribution in [0.4, 0.5) is 0 Å². The number of aromatic nitrogens is 2. The summed E-state index contributed by atoms with van der Waals surface area (Å²) in [5, 5.41) is 19.1. The second-order valence-corrected chi connectivity index (χ2v) is 16.0. The first kappa shape index (κ1) is 26.4. The number of carbonyl (C=O) groups is 2. The van der Waals surface area contributed by atoms with Gasteiger partial charge in [0, 0.05) is 22.7 Å². The summed E-state index contributed by atoms with van der Waals surface area (Å²) >= 11 is 0. The molecule has 0 aromatic carbocycles. The fourth-order valence-corrected chi connectivity index (χ4v) is 10.6. The minimum atomic E-state index is -0.636. The Balaban J connectivity index is 1.35. The van der Waals surface area contributed by atoms with Gasteiger partial charge in [-0.15, -0.1) is 10.2 Å². The standard InChI is InChI=1S/C34H43N3O3/c1-30(2)13-14-34(29-37-36-28(40-29)19-7-8-19)12-9-21-26(22(34)17-30)23(38)15-25-32(21,5)11-10-24-31(3,4)27(39)20(18-35)16-33(24,25)6/h15-16,19,21-22,24,26H,7-14,17H2,1-6H3. The highest BCUT2D eigenvalue weighted by Crippen LogP contribution is 2.70. The van der Waals surface area contributed by atoms with Crippen LogP contribution in [0, 0.1) is 56.7 Å². The highest BCUT2D eigenvalue weighted by atomic mass is 16.4. The molecular weight excluding hydrogens is 498 g/mol. The van der Waals surface area contributed by atoms with Gasteiger partial charge in [-0.25, -0.2) is 0 Å². The Morgan fingerprint density at radius 2 is 1.68 bits per heavy atom. The van der Waals surface area contributed by atoms with E-state index >= 15 is 0 Å². The zero-order chi connectivity index (χ0) is 28.5. The molecule has 0 saturated heterocycles. The second-order valence-electron chi connectivity index (χ2n) is 16.0. The molecule has 4 saturated carbocycles. The molecule has 7 unspecified atom stereocenters. The Labute approximate surface area is 238 Å². The van der Waals surface area contributed by atoms with Crippen LogP contribution in [0.25, 0.3) is 0 Å². The minimum Gasteiger partial charge on any atom is -0.424 e. The number of Topliss-reactive ketones (excluding diaryl/α,β-unsaturated/α-hetero) is 1. The van der Waals surface area contributed by atoms with Gasteiger partial charge in [0.25, 0.3) is 0 Å². The van der Waals surface area contributed by atoms with Crippen LogP contribution in [-0.2, 0) is 15.0 Å². The van der Waals surface area contributed by atoms with E-state index in [4.69, 9.17) is 4.42 Å². The maximum absolute atomic E-state index is 14.5. The number of hydrogen-bond acceptors (Lipinski definition) is 6. The zero-order valence-corrected chi connectivity index (χ0v) is 25.0. The molecule has 4 fully saturated rings. The van der Waals surface area contributed by atoms with Gasteiger partial charge in [-0.2, -0.15) is 5.26 Å². The Bertz CT molecular complexity index is 1420. The Kier molecular flexibility index (Phi) is 5.30. The Hall–Kier alpha value is -2.55. The van der Waals surface area contributed by atoms with Crippen molar-refractivity contribution in [2.75, 3.05) is 0 Å². The SMILES string of the molecule is CC1(C)CCC2(c3nnc(C4CC4)o3)CCC3C(C(=O)C=C4C5(C)C=C(C#N)C(=O)C(C)(C)C5CCC43C)C2C1. The van der Waals surface area contributed by atoms with E-state index in [-0.39, 0.29) is 57.1 Å². The van der Waals surface area contributed by atoms with Crippen molar-refractivity contribution in [3.8, 4) is 6.07 Å². The van der Waals surface area contributed by atoms with Crippen LogP contribution in [0.2, 0.25) is 0 Å². The van der Waals surface area contributed by atoms with Crippen molar-refractivity contribution >= 4 is 11.6 Å². The number of hydrogen-bond donors (Lipinski definition) is 0. The molecule has 40 heavy (non-hydrogen) atoms. The molecule has 0 N–H and O–H groups in total. The van der Waals surface area contributed by atoms with Gasteiger partial charge in [0.05, 0.1) is 11.0 Å². The topological polar surface area (TPSA) is 96.8 Å². The molecule has 212 valence electrons. The van der Waals surface area contributed by atoms with Crippen molar-refractivity contribution < 1.29 is 14.0 Å². The van der Waals surface area contributed by atoms with E-state index in [2.05, 4.69) is 44.0 Å².